The quantitative estimate of drug-likeness (QED) is 0.341. The van der Waals surface area contributed by atoms with Crippen molar-refractivity contribution in [2.75, 3.05) is 32.0 Å². The molecule has 0 aromatic rings. The summed E-state index contributed by atoms with van der Waals surface area (Å²) in [6.07, 6.45) is 6.25. The van der Waals surface area contributed by atoms with E-state index in [9.17, 15) is 8.42 Å². The highest BCUT2D eigenvalue weighted by Gasteiger charge is 2.60. The summed E-state index contributed by atoms with van der Waals surface area (Å²) < 4.78 is 31.2. The molecule has 2 heterocycles. The van der Waals surface area contributed by atoms with Crippen molar-refractivity contribution in [3.8, 4) is 0 Å². The van der Waals surface area contributed by atoms with E-state index in [1.807, 2.05) is 6.92 Å². The van der Waals surface area contributed by atoms with E-state index in [1.165, 1.54) is 0 Å². The average molecular weight is 525 g/mol. The molecule has 0 amide bonds. The van der Waals surface area contributed by atoms with Gasteiger partial charge in [-0.1, -0.05) is 33.1 Å². The number of hydrogen-bond acceptors (Lipinski definition) is 4. The molecule has 0 aromatic carbocycles. The van der Waals surface area contributed by atoms with Crippen LogP contribution in [0.15, 0.2) is 4.99 Å². The van der Waals surface area contributed by atoms with Gasteiger partial charge in [0.25, 0.3) is 0 Å². The van der Waals surface area contributed by atoms with Crippen molar-refractivity contribution in [2.24, 2.45) is 16.3 Å². The zero-order valence-corrected chi connectivity index (χ0v) is 20.6. The van der Waals surface area contributed by atoms with Crippen molar-refractivity contribution in [3.05, 3.63) is 0 Å². The lowest BCUT2D eigenvalue weighted by molar-refractivity contribution is -0.107. The average Bonchev–Trinajstić information content (AvgIpc) is 3.09. The molecule has 28 heavy (non-hydrogen) atoms. The molecular formula is C20H36IN3O3S. The van der Waals surface area contributed by atoms with Crippen LogP contribution in [0.4, 0.5) is 0 Å². The van der Waals surface area contributed by atoms with Gasteiger partial charge in [-0.25, -0.2) is 8.42 Å². The Morgan fingerprint density at radius 2 is 1.96 bits per heavy atom. The minimum Gasteiger partial charge on any atom is -0.377 e. The molecule has 2 aliphatic heterocycles. The SMILES string of the molecule is CCN=C(NC1C2CCOC2C1(C)C)N1CCS(=O)(=O)C2(CCCCC2)C1.I. The topological polar surface area (TPSA) is 71.0 Å². The van der Waals surface area contributed by atoms with Crippen molar-refractivity contribution in [3.63, 3.8) is 0 Å². The highest BCUT2D eigenvalue weighted by Crippen LogP contribution is 2.52. The maximum Gasteiger partial charge on any atom is 0.194 e. The summed E-state index contributed by atoms with van der Waals surface area (Å²) in [5.41, 5.74) is 0.0834. The van der Waals surface area contributed by atoms with E-state index in [1.54, 1.807) is 0 Å². The Hall–Kier alpha value is -0.0900. The van der Waals surface area contributed by atoms with Gasteiger partial charge in [-0.05, 0) is 26.2 Å². The summed E-state index contributed by atoms with van der Waals surface area (Å²) in [7, 11) is -3.03. The summed E-state index contributed by atoms with van der Waals surface area (Å²) in [6.45, 7) is 9.28. The first kappa shape index (κ1) is 22.6. The van der Waals surface area contributed by atoms with E-state index in [0.717, 1.165) is 51.1 Å². The molecule has 1 N–H and O–H groups in total. The number of guanidine groups is 1. The Balaban J connectivity index is 0.00000225. The molecule has 0 radical (unpaired) electrons. The Bertz CT molecular complexity index is 703. The van der Waals surface area contributed by atoms with Crippen LogP contribution in [-0.4, -0.2) is 68.2 Å². The van der Waals surface area contributed by atoms with Crippen molar-refractivity contribution < 1.29 is 13.2 Å². The maximum absolute atomic E-state index is 12.9. The Labute approximate surface area is 187 Å². The maximum atomic E-state index is 12.9. The molecule has 0 aromatic heterocycles. The van der Waals surface area contributed by atoms with E-state index < -0.39 is 14.6 Å². The van der Waals surface area contributed by atoms with E-state index in [-0.39, 0.29) is 35.1 Å². The fourth-order valence-electron chi connectivity index (χ4n) is 5.96. The van der Waals surface area contributed by atoms with Crippen LogP contribution < -0.4 is 5.32 Å². The first-order chi connectivity index (χ1) is 12.8. The molecule has 4 rings (SSSR count). The summed E-state index contributed by atoms with van der Waals surface area (Å²) in [5.74, 6) is 1.70. The van der Waals surface area contributed by atoms with Crippen molar-refractivity contribution >= 4 is 39.8 Å². The number of ether oxygens (including phenoxy) is 1. The highest BCUT2D eigenvalue weighted by atomic mass is 127. The van der Waals surface area contributed by atoms with E-state index in [0.29, 0.717) is 37.7 Å². The molecule has 162 valence electrons. The molecule has 8 heteroatoms. The smallest absolute Gasteiger partial charge is 0.194 e. The van der Waals surface area contributed by atoms with Crippen LogP contribution >= 0.6 is 24.0 Å². The summed E-state index contributed by atoms with van der Waals surface area (Å²) >= 11 is 0. The zero-order valence-electron chi connectivity index (χ0n) is 17.4. The third-order valence-electron chi connectivity index (χ3n) is 7.53. The second kappa shape index (κ2) is 8.21. The van der Waals surface area contributed by atoms with Gasteiger partial charge in [0.1, 0.15) is 0 Å². The largest absolute Gasteiger partial charge is 0.377 e. The molecule has 0 bridgehead atoms. The summed E-state index contributed by atoms with van der Waals surface area (Å²) in [4.78, 5) is 7.00. The van der Waals surface area contributed by atoms with E-state index in [2.05, 4.69) is 24.1 Å². The molecule has 6 nitrogen and oxygen atoms in total. The minimum atomic E-state index is -3.03. The molecular weight excluding hydrogens is 489 g/mol. The molecule has 1 spiro atoms. The Morgan fingerprint density at radius 3 is 2.64 bits per heavy atom. The van der Waals surface area contributed by atoms with E-state index in [4.69, 9.17) is 9.73 Å². The van der Waals surface area contributed by atoms with Crippen molar-refractivity contribution in [2.45, 2.75) is 76.2 Å². The van der Waals surface area contributed by atoms with Crippen molar-refractivity contribution in [1.29, 1.82) is 0 Å². The lowest BCUT2D eigenvalue weighted by Crippen LogP contribution is -2.69. The molecule has 3 unspecified atom stereocenters. The number of rotatable bonds is 2. The van der Waals surface area contributed by atoms with Gasteiger partial charge >= 0.3 is 0 Å². The number of hydrogen-bond donors (Lipinski definition) is 1. The number of aliphatic imine (C=N–C) groups is 1. The van der Waals surface area contributed by atoms with Crippen molar-refractivity contribution in [1.82, 2.24) is 10.2 Å². The predicted molar refractivity (Wildman–Crippen MR) is 123 cm³/mol. The lowest BCUT2D eigenvalue weighted by Gasteiger charge is -2.56. The van der Waals surface area contributed by atoms with Gasteiger partial charge in [0.05, 0.1) is 16.6 Å². The molecule has 4 fully saturated rings. The number of sulfone groups is 1. The van der Waals surface area contributed by atoms with E-state index >= 15 is 0 Å². The number of fused-ring (bicyclic) bond motifs is 1. The van der Waals surface area contributed by atoms with Gasteiger partial charge in [-0.3, -0.25) is 4.99 Å². The summed E-state index contributed by atoms with van der Waals surface area (Å²) in [6, 6.07) is 0.344. The standard InChI is InChI=1S/C20H35N3O3S.HI/c1-4-21-18(22-16-15-8-12-26-17(15)19(16,2)3)23-11-13-27(24,25)20(14-23)9-6-5-7-10-20;/h15-17H,4-14H2,1-3H3,(H,21,22);1H. The molecule has 2 saturated heterocycles. The van der Waals surface area contributed by atoms with Gasteiger partial charge in [0.15, 0.2) is 15.8 Å². The van der Waals surface area contributed by atoms with Gasteiger partial charge in [-0.15, -0.1) is 24.0 Å². The van der Waals surface area contributed by atoms with Crippen LogP contribution in [0.2, 0.25) is 0 Å². The van der Waals surface area contributed by atoms with Crippen LogP contribution in [-0.2, 0) is 14.6 Å². The number of nitrogens with one attached hydrogen (secondary N) is 1. The Morgan fingerprint density at radius 1 is 1.25 bits per heavy atom. The number of nitrogens with zero attached hydrogens (tertiary/aromatic N) is 2. The van der Waals surface area contributed by atoms with Gasteiger partial charge in [0, 0.05) is 43.6 Å². The molecule has 2 saturated carbocycles. The molecule has 2 aliphatic carbocycles. The monoisotopic (exact) mass is 525 g/mol. The fraction of sp³-hybridized carbons (Fsp3) is 0.950. The molecule has 3 atom stereocenters. The third kappa shape index (κ3) is 3.59. The normalized spacial score (nSPS) is 35.6. The summed E-state index contributed by atoms with van der Waals surface area (Å²) in [5, 5.41) is 3.74. The first-order valence-corrected chi connectivity index (χ1v) is 12.4. The van der Waals surface area contributed by atoms with Gasteiger partial charge < -0.3 is 15.0 Å². The Kier molecular flexibility index (Phi) is 6.62. The number of halogens is 1. The second-order valence-electron chi connectivity index (χ2n) is 9.47. The second-order valence-corrected chi connectivity index (χ2v) is 12.0. The van der Waals surface area contributed by atoms with Crippen LogP contribution in [0.1, 0.15) is 59.3 Å². The lowest BCUT2D eigenvalue weighted by atomic mass is 9.57. The van der Waals surface area contributed by atoms with Crippen LogP contribution in [0.5, 0.6) is 0 Å². The minimum absolute atomic E-state index is 0. The molecule has 4 aliphatic rings. The highest BCUT2D eigenvalue weighted by molar-refractivity contribution is 14.0. The van der Waals surface area contributed by atoms with Gasteiger partial charge in [-0.2, -0.15) is 0 Å². The van der Waals surface area contributed by atoms with Gasteiger partial charge in [0.2, 0.25) is 0 Å². The first-order valence-electron chi connectivity index (χ1n) is 10.7. The van der Waals surface area contributed by atoms with Crippen LogP contribution in [0.3, 0.4) is 0 Å². The third-order valence-corrected chi connectivity index (χ3v) is 10.1. The predicted octanol–water partition coefficient (Wildman–Crippen LogP) is 2.82. The fourth-order valence-corrected chi connectivity index (χ4v) is 8.12. The van der Waals surface area contributed by atoms with Crippen LogP contribution in [0.25, 0.3) is 0 Å². The van der Waals surface area contributed by atoms with Crippen LogP contribution in [0, 0.1) is 11.3 Å². The zero-order chi connectivity index (χ0) is 19.3.